The zero-order valence-electron chi connectivity index (χ0n) is 9.03. The third kappa shape index (κ3) is 1.95. The van der Waals surface area contributed by atoms with Crippen molar-refractivity contribution in [2.75, 3.05) is 12.8 Å². The molecule has 1 aromatic carbocycles. The molecule has 0 aliphatic rings. The molecular formula is C12H9FN2OS. The number of halogens is 1. The monoisotopic (exact) mass is 248 g/mol. The van der Waals surface area contributed by atoms with Gasteiger partial charge in [0.2, 0.25) is 0 Å². The van der Waals surface area contributed by atoms with Gasteiger partial charge in [-0.05, 0) is 17.7 Å². The number of nitriles is 1. The lowest BCUT2D eigenvalue weighted by molar-refractivity contribution is 0.386. The van der Waals surface area contributed by atoms with Gasteiger partial charge in [0.15, 0.2) is 11.6 Å². The van der Waals surface area contributed by atoms with Crippen molar-refractivity contribution in [2.45, 2.75) is 0 Å². The van der Waals surface area contributed by atoms with Gasteiger partial charge in [0.1, 0.15) is 11.1 Å². The van der Waals surface area contributed by atoms with Gasteiger partial charge < -0.3 is 10.5 Å². The maximum Gasteiger partial charge on any atom is 0.165 e. The molecule has 2 aromatic rings. The zero-order valence-corrected chi connectivity index (χ0v) is 9.84. The van der Waals surface area contributed by atoms with Crippen LogP contribution in [0.3, 0.4) is 0 Å². The van der Waals surface area contributed by atoms with Gasteiger partial charge in [-0.25, -0.2) is 4.39 Å². The Morgan fingerprint density at radius 1 is 1.47 bits per heavy atom. The molecule has 0 aliphatic carbocycles. The van der Waals surface area contributed by atoms with Crippen molar-refractivity contribution >= 4 is 16.3 Å². The first-order valence-corrected chi connectivity index (χ1v) is 5.66. The predicted octanol–water partition coefficient (Wildman–Crippen LogP) is 3.02. The van der Waals surface area contributed by atoms with Crippen LogP contribution in [-0.4, -0.2) is 7.11 Å². The van der Waals surface area contributed by atoms with E-state index in [-0.39, 0.29) is 5.75 Å². The highest BCUT2D eigenvalue weighted by Crippen LogP contribution is 2.34. The Balaban J connectivity index is 2.54. The average Bonchev–Trinajstić information content (AvgIpc) is 2.70. The SMILES string of the molecule is COc1ccc(-c2csc(N)c2C#N)cc1F. The minimum Gasteiger partial charge on any atom is -0.494 e. The Kier molecular flexibility index (Phi) is 2.98. The summed E-state index contributed by atoms with van der Waals surface area (Å²) in [5.74, 6) is -0.283. The Morgan fingerprint density at radius 3 is 2.82 bits per heavy atom. The predicted molar refractivity (Wildman–Crippen MR) is 65.4 cm³/mol. The van der Waals surface area contributed by atoms with Crippen LogP contribution in [0.5, 0.6) is 5.75 Å². The maximum atomic E-state index is 13.5. The minimum absolute atomic E-state index is 0.176. The van der Waals surface area contributed by atoms with Crippen molar-refractivity contribution in [1.82, 2.24) is 0 Å². The Hall–Kier alpha value is -2.06. The number of rotatable bonds is 2. The van der Waals surface area contributed by atoms with E-state index < -0.39 is 5.82 Å². The number of ether oxygens (including phenoxy) is 1. The fraction of sp³-hybridized carbons (Fsp3) is 0.0833. The molecule has 86 valence electrons. The number of hydrogen-bond acceptors (Lipinski definition) is 4. The Bertz CT molecular complexity index is 601. The summed E-state index contributed by atoms with van der Waals surface area (Å²) in [7, 11) is 1.40. The van der Waals surface area contributed by atoms with E-state index in [9.17, 15) is 4.39 Å². The van der Waals surface area contributed by atoms with Crippen LogP contribution in [-0.2, 0) is 0 Å². The van der Waals surface area contributed by atoms with E-state index in [0.717, 1.165) is 0 Å². The lowest BCUT2D eigenvalue weighted by atomic mass is 10.0. The number of anilines is 1. The van der Waals surface area contributed by atoms with Crippen molar-refractivity contribution in [3.63, 3.8) is 0 Å². The van der Waals surface area contributed by atoms with Gasteiger partial charge in [0.25, 0.3) is 0 Å². The molecule has 17 heavy (non-hydrogen) atoms. The summed E-state index contributed by atoms with van der Waals surface area (Å²) in [5, 5.41) is 11.2. The van der Waals surface area contributed by atoms with Crippen molar-refractivity contribution in [3.05, 3.63) is 35.0 Å². The number of thiophene rings is 1. The van der Waals surface area contributed by atoms with Gasteiger partial charge in [-0.15, -0.1) is 11.3 Å². The topological polar surface area (TPSA) is 59.0 Å². The molecule has 1 heterocycles. The minimum atomic E-state index is -0.460. The fourth-order valence-electron chi connectivity index (χ4n) is 1.53. The molecule has 0 saturated heterocycles. The van der Waals surface area contributed by atoms with Gasteiger partial charge in [-0.2, -0.15) is 5.26 Å². The summed E-state index contributed by atoms with van der Waals surface area (Å²) in [5.41, 5.74) is 7.32. The van der Waals surface area contributed by atoms with Crippen LogP contribution in [0.2, 0.25) is 0 Å². The Morgan fingerprint density at radius 2 is 2.24 bits per heavy atom. The van der Waals surface area contributed by atoms with Gasteiger partial charge in [0.05, 0.1) is 12.7 Å². The van der Waals surface area contributed by atoms with E-state index in [2.05, 4.69) is 0 Å². The first kappa shape index (κ1) is 11.4. The number of nitrogen functional groups attached to an aromatic ring is 1. The quantitative estimate of drug-likeness (QED) is 0.888. The van der Waals surface area contributed by atoms with Crippen molar-refractivity contribution in [2.24, 2.45) is 0 Å². The van der Waals surface area contributed by atoms with E-state index in [4.69, 9.17) is 15.7 Å². The molecule has 0 fully saturated rings. The highest BCUT2D eigenvalue weighted by Gasteiger charge is 2.12. The summed E-state index contributed by atoms with van der Waals surface area (Å²) in [6.45, 7) is 0. The van der Waals surface area contributed by atoms with Gasteiger partial charge in [0, 0.05) is 10.9 Å². The molecular weight excluding hydrogens is 239 g/mol. The molecule has 0 amide bonds. The maximum absolute atomic E-state index is 13.5. The molecule has 2 N–H and O–H groups in total. The Labute approximate surface area is 102 Å². The number of hydrogen-bond donors (Lipinski definition) is 1. The first-order valence-electron chi connectivity index (χ1n) is 4.78. The smallest absolute Gasteiger partial charge is 0.165 e. The van der Waals surface area contributed by atoms with E-state index in [1.165, 1.54) is 30.6 Å². The standard InChI is InChI=1S/C12H9FN2OS/c1-16-11-3-2-7(4-10(11)13)9-6-17-12(15)8(9)5-14/h2-4,6H,15H2,1H3. The van der Waals surface area contributed by atoms with E-state index >= 15 is 0 Å². The lowest BCUT2D eigenvalue weighted by Crippen LogP contribution is -1.89. The molecule has 0 aliphatic heterocycles. The van der Waals surface area contributed by atoms with Gasteiger partial charge in [-0.3, -0.25) is 0 Å². The molecule has 2 rings (SSSR count). The van der Waals surface area contributed by atoms with Crippen LogP contribution in [0.25, 0.3) is 11.1 Å². The van der Waals surface area contributed by atoms with Crippen LogP contribution in [0, 0.1) is 17.1 Å². The molecule has 5 heteroatoms. The van der Waals surface area contributed by atoms with E-state index in [1.54, 1.807) is 11.4 Å². The molecule has 0 radical (unpaired) electrons. The number of methoxy groups -OCH3 is 1. The van der Waals surface area contributed by atoms with Crippen LogP contribution in [0.1, 0.15) is 5.56 Å². The second-order valence-electron chi connectivity index (χ2n) is 3.35. The normalized spacial score (nSPS) is 9.94. The number of nitrogens with two attached hydrogens (primary N) is 1. The lowest BCUT2D eigenvalue weighted by Gasteiger charge is -2.04. The van der Waals surface area contributed by atoms with Crippen LogP contribution < -0.4 is 10.5 Å². The van der Waals surface area contributed by atoms with Crippen molar-refractivity contribution in [1.29, 1.82) is 5.26 Å². The summed E-state index contributed by atoms with van der Waals surface area (Å²) < 4.78 is 18.4. The summed E-state index contributed by atoms with van der Waals surface area (Å²) >= 11 is 1.27. The third-order valence-corrected chi connectivity index (χ3v) is 3.21. The van der Waals surface area contributed by atoms with Gasteiger partial charge >= 0.3 is 0 Å². The van der Waals surface area contributed by atoms with E-state index in [0.29, 0.717) is 21.7 Å². The number of benzene rings is 1. The first-order chi connectivity index (χ1) is 8.17. The molecule has 0 spiro atoms. The van der Waals surface area contributed by atoms with Crippen LogP contribution in [0.4, 0.5) is 9.39 Å². The van der Waals surface area contributed by atoms with Gasteiger partial charge in [-0.1, -0.05) is 6.07 Å². The van der Waals surface area contributed by atoms with Crippen LogP contribution in [0.15, 0.2) is 23.6 Å². The average molecular weight is 248 g/mol. The molecule has 3 nitrogen and oxygen atoms in total. The fourth-order valence-corrected chi connectivity index (χ4v) is 2.31. The molecule has 0 saturated carbocycles. The zero-order chi connectivity index (χ0) is 12.4. The highest BCUT2D eigenvalue weighted by atomic mass is 32.1. The molecule has 0 unspecified atom stereocenters. The van der Waals surface area contributed by atoms with Crippen molar-refractivity contribution < 1.29 is 9.13 Å². The molecule has 0 bridgehead atoms. The third-order valence-electron chi connectivity index (χ3n) is 2.39. The summed E-state index contributed by atoms with van der Waals surface area (Å²) in [4.78, 5) is 0. The summed E-state index contributed by atoms with van der Waals surface area (Å²) in [6, 6.07) is 6.58. The summed E-state index contributed by atoms with van der Waals surface area (Å²) in [6.07, 6.45) is 0. The van der Waals surface area contributed by atoms with E-state index in [1.807, 2.05) is 6.07 Å². The number of nitrogens with zero attached hydrogens (tertiary/aromatic N) is 1. The second kappa shape index (κ2) is 4.44. The molecule has 1 aromatic heterocycles. The largest absolute Gasteiger partial charge is 0.494 e. The van der Waals surface area contributed by atoms with Crippen LogP contribution >= 0.6 is 11.3 Å². The second-order valence-corrected chi connectivity index (χ2v) is 4.26. The van der Waals surface area contributed by atoms with Crippen molar-refractivity contribution in [3.8, 4) is 22.9 Å². The highest BCUT2D eigenvalue weighted by molar-refractivity contribution is 7.14. The molecule has 0 atom stereocenters.